The molecule has 3 rings (SSSR count). The van der Waals surface area contributed by atoms with E-state index in [0.29, 0.717) is 5.03 Å². The number of rotatable bonds is 2. The van der Waals surface area contributed by atoms with E-state index in [1.807, 2.05) is 30.3 Å². The van der Waals surface area contributed by atoms with Crippen LogP contribution in [0.15, 0.2) is 62.6 Å². The molecule has 1 aromatic heterocycles. The molecule has 2 aromatic rings. The van der Waals surface area contributed by atoms with Crippen LogP contribution in [0.25, 0.3) is 0 Å². The van der Waals surface area contributed by atoms with E-state index in [9.17, 15) is 10.1 Å². The van der Waals surface area contributed by atoms with Crippen molar-refractivity contribution in [3.63, 3.8) is 0 Å². The lowest BCUT2D eigenvalue weighted by Gasteiger charge is -2.01. The lowest BCUT2D eigenvalue weighted by molar-refractivity contribution is 0.101. The van der Waals surface area contributed by atoms with E-state index in [-0.39, 0.29) is 11.3 Å². The summed E-state index contributed by atoms with van der Waals surface area (Å²) >= 11 is 1.38. The number of hydrogen-bond donors (Lipinski definition) is 1. The fourth-order valence-corrected chi connectivity index (χ4v) is 2.76. The van der Waals surface area contributed by atoms with Crippen LogP contribution in [0.4, 0.5) is 5.69 Å². The minimum absolute atomic E-state index is 0.0659. The van der Waals surface area contributed by atoms with E-state index in [2.05, 4.69) is 5.32 Å². The first kappa shape index (κ1) is 11.6. The van der Waals surface area contributed by atoms with Gasteiger partial charge in [0.05, 0.1) is 17.0 Å². The molecule has 0 radical (unpaired) electrons. The van der Waals surface area contributed by atoms with Crippen LogP contribution in [0.2, 0.25) is 0 Å². The highest BCUT2D eigenvalue weighted by molar-refractivity contribution is 8.03. The number of nitrogens with zero attached hydrogens (tertiary/aromatic N) is 1. The molecule has 0 fully saturated rings. The Bertz CT molecular complexity index is 684. The predicted molar refractivity (Wildman–Crippen MR) is 71.6 cm³/mol. The Morgan fingerprint density at radius 2 is 2.11 bits per heavy atom. The van der Waals surface area contributed by atoms with Gasteiger partial charge >= 0.3 is 0 Å². The van der Waals surface area contributed by atoms with E-state index in [1.165, 1.54) is 18.0 Å². The van der Waals surface area contributed by atoms with Crippen LogP contribution >= 0.6 is 11.8 Å². The third-order valence-electron chi connectivity index (χ3n) is 2.66. The van der Waals surface area contributed by atoms with Gasteiger partial charge in [0.15, 0.2) is 5.76 Å². The maximum atomic E-state index is 12.1. The molecule has 0 bridgehead atoms. The van der Waals surface area contributed by atoms with Gasteiger partial charge in [0.2, 0.25) is 5.78 Å². The monoisotopic (exact) mass is 268 g/mol. The summed E-state index contributed by atoms with van der Waals surface area (Å²) in [5, 5.41) is 12.8. The van der Waals surface area contributed by atoms with Gasteiger partial charge < -0.3 is 9.73 Å². The number of nitriles is 1. The molecular formula is C14H8N2O2S. The molecule has 0 spiro atoms. The van der Waals surface area contributed by atoms with Gasteiger partial charge in [-0.25, -0.2) is 0 Å². The van der Waals surface area contributed by atoms with E-state index in [0.717, 1.165) is 10.6 Å². The summed E-state index contributed by atoms with van der Waals surface area (Å²) in [5.41, 5.74) is 0.971. The smallest absolute Gasteiger partial charge is 0.241 e. The summed E-state index contributed by atoms with van der Waals surface area (Å²) < 4.78 is 5.04. The normalized spacial score (nSPS) is 15.3. The summed E-state index contributed by atoms with van der Waals surface area (Å²) in [6.07, 6.45) is 1.41. The second kappa shape index (κ2) is 4.67. The molecule has 1 aromatic carbocycles. The van der Waals surface area contributed by atoms with Crippen molar-refractivity contribution >= 4 is 23.2 Å². The topological polar surface area (TPSA) is 66.0 Å². The Kier molecular flexibility index (Phi) is 2.86. The van der Waals surface area contributed by atoms with Crippen molar-refractivity contribution in [2.75, 3.05) is 5.32 Å². The number of allylic oxidation sites excluding steroid dienone is 1. The number of Topliss-reactive ketones (excluding diaryl/α,β-unsaturated/α-hetero) is 1. The first-order chi connectivity index (χ1) is 9.29. The van der Waals surface area contributed by atoms with E-state index in [1.54, 1.807) is 12.1 Å². The number of carbonyl (C=O) groups is 1. The van der Waals surface area contributed by atoms with Crippen LogP contribution < -0.4 is 5.32 Å². The second-order valence-electron chi connectivity index (χ2n) is 3.85. The van der Waals surface area contributed by atoms with Crippen molar-refractivity contribution in [2.24, 2.45) is 0 Å². The number of furan rings is 1. The standard InChI is InChI=1S/C14H8N2O2S/c15-8-9(13(17)11-5-3-7-18-11)14-16-10-4-1-2-6-12(10)19-14/h1-7,16H/b14-9+. The highest BCUT2D eigenvalue weighted by atomic mass is 32.2. The van der Waals surface area contributed by atoms with Gasteiger partial charge in [-0.2, -0.15) is 5.26 Å². The van der Waals surface area contributed by atoms with Crippen LogP contribution in [-0.4, -0.2) is 5.78 Å². The van der Waals surface area contributed by atoms with Crippen molar-refractivity contribution in [3.05, 3.63) is 59.0 Å². The largest absolute Gasteiger partial charge is 0.461 e. The van der Waals surface area contributed by atoms with Gasteiger partial charge in [-0.1, -0.05) is 23.9 Å². The zero-order valence-corrected chi connectivity index (χ0v) is 10.5. The number of anilines is 1. The van der Waals surface area contributed by atoms with Crippen molar-refractivity contribution in [1.29, 1.82) is 5.26 Å². The Morgan fingerprint density at radius 3 is 2.79 bits per heavy atom. The summed E-state index contributed by atoms with van der Waals surface area (Å²) in [5.74, 6) is -0.238. The fourth-order valence-electron chi connectivity index (χ4n) is 1.77. The molecule has 5 heteroatoms. The summed E-state index contributed by atoms with van der Waals surface area (Å²) in [6.45, 7) is 0. The van der Waals surface area contributed by atoms with Gasteiger partial charge in [-0.15, -0.1) is 0 Å². The first-order valence-electron chi connectivity index (χ1n) is 5.56. The van der Waals surface area contributed by atoms with Gasteiger partial charge in [-0.05, 0) is 24.3 Å². The first-order valence-corrected chi connectivity index (χ1v) is 6.37. The molecule has 0 saturated heterocycles. The van der Waals surface area contributed by atoms with Crippen LogP contribution in [0.1, 0.15) is 10.6 Å². The van der Waals surface area contributed by atoms with Gasteiger partial charge in [0.1, 0.15) is 11.6 Å². The number of hydrogen-bond acceptors (Lipinski definition) is 5. The Morgan fingerprint density at radius 1 is 1.26 bits per heavy atom. The number of fused-ring (bicyclic) bond motifs is 1. The molecule has 2 heterocycles. The maximum Gasteiger partial charge on any atom is 0.241 e. The Labute approximate surface area is 113 Å². The molecule has 0 saturated carbocycles. The molecule has 1 aliphatic rings. The van der Waals surface area contributed by atoms with Crippen LogP contribution in [0.5, 0.6) is 0 Å². The molecule has 4 nitrogen and oxygen atoms in total. The summed E-state index contributed by atoms with van der Waals surface area (Å²) in [7, 11) is 0. The molecule has 0 atom stereocenters. The van der Waals surface area contributed by atoms with Crippen molar-refractivity contribution in [1.82, 2.24) is 0 Å². The second-order valence-corrected chi connectivity index (χ2v) is 4.90. The Balaban J connectivity index is 1.99. The van der Waals surface area contributed by atoms with Gasteiger partial charge in [0, 0.05) is 4.90 Å². The predicted octanol–water partition coefficient (Wildman–Crippen LogP) is 3.42. The molecule has 1 aliphatic heterocycles. The molecule has 1 N–H and O–H groups in total. The Hall–Kier alpha value is -2.45. The van der Waals surface area contributed by atoms with Crippen molar-refractivity contribution in [2.45, 2.75) is 4.90 Å². The summed E-state index contributed by atoms with van der Waals surface area (Å²) in [4.78, 5) is 13.1. The minimum Gasteiger partial charge on any atom is -0.461 e. The molecule has 0 unspecified atom stereocenters. The lowest BCUT2D eigenvalue weighted by Crippen LogP contribution is -2.05. The third kappa shape index (κ3) is 2.02. The van der Waals surface area contributed by atoms with Crippen molar-refractivity contribution < 1.29 is 9.21 Å². The SMILES string of the molecule is N#C/C(C(=O)c1ccco1)=C1/Nc2ccccc2S1. The summed E-state index contributed by atoms with van der Waals surface area (Å²) in [6, 6.07) is 12.8. The number of para-hydroxylation sites is 1. The van der Waals surface area contributed by atoms with Gasteiger partial charge in [-0.3, -0.25) is 4.79 Å². The number of ketones is 1. The number of carbonyl (C=O) groups excluding carboxylic acids is 1. The fraction of sp³-hybridized carbons (Fsp3) is 0. The van der Waals surface area contributed by atoms with Crippen molar-refractivity contribution in [3.8, 4) is 6.07 Å². The molecule has 0 aliphatic carbocycles. The quantitative estimate of drug-likeness (QED) is 0.513. The van der Waals surface area contributed by atoms with Crippen LogP contribution in [0, 0.1) is 11.3 Å². The molecular weight excluding hydrogens is 260 g/mol. The van der Waals surface area contributed by atoms with Crippen LogP contribution in [-0.2, 0) is 0 Å². The molecule has 0 amide bonds. The lowest BCUT2D eigenvalue weighted by atomic mass is 10.1. The maximum absolute atomic E-state index is 12.1. The molecule has 19 heavy (non-hydrogen) atoms. The van der Waals surface area contributed by atoms with E-state index >= 15 is 0 Å². The van der Waals surface area contributed by atoms with Crippen LogP contribution in [0.3, 0.4) is 0 Å². The highest BCUT2D eigenvalue weighted by Gasteiger charge is 2.25. The minimum atomic E-state index is -0.407. The average Bonchev–Trinajstić information content (AvgIpc) is 3.08. The zero-order chi connectivity index (χ0) is 13.2. The zero-order valence-electron chi connectivity index (χ0n) is 9.71. The van der Waals surface area contributed by atoms with E-state index in [4.69, 9.17) is 4.42 Å². The van der Waals surface area contributed by atoms with Gasteiger partial charge in [0.25, 0.3) is 0 Å². The number of nitrogens with one attached hydrogen (secondary N) is 1. The van der Waals surface area contributed by atoms with E-state index < -0.39 is 5.78 Å². The number of benzene rings is 1. The highest BCUT2D eigenvalue weighted by Crippen LogP contribution is 2.42. The third-order valence-corrected chi connectivity index (χ3v) is 3.74. The average molecular weight is 268 g/mol. The number of thioether (sulfide) groups is 1. The molecule has 92 valence electrons.